The first-order chi connectivity index (χ1) is 10.8. The summed E-state index contributed by atoms with van der Waals surface area (Å²) in [6.45, 7) is -0.158. The number of hydrogen-bond donors (Lipinski definition) is 4. The van der Waals surface area contributed by atoms with Crippen LogP contribution >= 0.6 is 0 Å². The summed E-state index contributed by atoms with van der Waals surface area (Å²) < 4.78 is 0. The molecule has 0 aliphatic carbocycles. The average Bonchev–Trinajstić information content (AvgIpc) is 3.01. The Hall–Kier alpha value is -2.79. The third kappa shape index (κ3) is 3.10. The number of rotatable bonds is 4. The molecule has 0 unspecified atom stereocenters. The molecule has 3 rings (SSSR count). The van der Waals surface area contributed by atoms with E-state index in [2.05, 4.69) is 15.6 Å². The van der Waals surface area contributed by atoms with Gasteiger partial charge in [-0.1, -0.05) is 30.3 Å². The Labute approximate surface area is 128 Å². The maximum absolute atomic E-state index is 12.1. The second-order valence-corrected chi connectivity index (χ2v) is 5.02. The number of nitrogens with one attached hydrogen (secondary N) is 3. The van der Waals surface area contributed by atoms with E-state index < -0.39 is 6.04 Å². The number of amides is 2. The monoisotopic (exact) mass is 295 g/mol. The molecule has 1 atom stereocenters. The summed E-state index contributed by atoms with van der Waals surface area (Å²) >= 11 is 0. The van der Waals surface area contributed by atoms with Gasteiger partial charge in [0.1, 0.15) is 0 Å². The summed E-state index contributed by atoms with van der Waals surface area (Å²) in [7, 11) is 0. The van der Waals surface area contributed by atoms with Crippen molar-refractivity contribution in [1.29, 1.82) is 0 Å². The van der Waals surface area contributed by atoms with Gasteiger partial charge in [0, 0.05) is 22.8 Å². The van der Waals surface area contributed by atoms with Crippen molar-refractivity contribution < 1.29 is 9.90 Å². The minimum atomic E-state index is -0.433. The molecule has 2 amide bonds. The highest BCUT2D eigenvalue weighted by molar-refractivity contribution is 5.92. The molecule has 5 nitrogen and oxygen atoms in total. The van der Waals surface area contributed by atoms with E-state index in [4.69, 9.17) is 0 Å². The molecule has 22 heavy (non-hydrogen) atoms. The van der Waals surface area contributed by atoms with Crippen LogP contribution < -0.4 is 10.6 Å². The molecular weight excluding hydrogens is 278 g/mol. The molecule has 0 fully saturated rings. The van der Waals surface area contributed by atoms with E-state index in [9.17, 15) is 9.90 Å². The van der Waals surface area contributed by atoms with Crippen molar-refractivity contribution in [1.82, 2.24) is 10.3 Å². The normalized spacial score (nSPS) is 12.0. The highest BCUT2D eigenvalue weighted by atomic mass is 16.3. The molecule has 0 saturated heterocycles. The molecule has 0 aliphatic rings. The van der Waals surface area contributed by atoms with Gasteiger partial charge in [0.15, 0.2) is 0 Å². The van der Waals surface area contributed by atoms with E-state index in [1.54, 1.807) is 0 Å². The maximum Gasteiger partial charge on any atom is 0.319 e. The highest BCUT2D eigenvalue weighted by Gasteiger charge is 2.13. The topological polar surface area (TPSA) is 77.2 Å². The number of aromatic nitrogens is 1. The third-order valence-electron chi connectivity index (χ3n) is 3.50. The lowest BCUT2D eigenvalue weighted by molar-refractivity contribution is 0.225. The molecule has 2 aromatic carbocycles. The van der Waals surface area contributed by atoms with E-state index in [-0.39, 0.29) is 12.6 Å². The highest BCUT2D eigenvalue weighted by Crippen LogP contribution is 2.18. The van der Waals surface area contributed by atoms with E-state index in [1.807, 2.05) is 60.8 Å². The van der Waals surface area contributed by atoms with E-state index >= 15 is 0 Å². The zero-order chi connectivity index (χ0) is 15.4. The van der Waals surface area contributed by atoms with Crippen LogP contribution in [0.2, 0.25) is 0 Å². The molecule has 0 bridgehead atoms. The Kier molecular flexibility index (Phi) is 4.07. The van der Waals surface area contributed by atoms with Crippen molar-refractivity contribution in [3.8, 4) is 0 Å². The first-order valence-corrected chi connectivity index (χ1v) is 7.07. The first kappa shape index (κ1) is 14.2. The van der Waals surface area contributed by atoms with Crippen LogP contribution in [0.15, 0.2) is 60.8 Å². The van der Waals surface area contributed by atoms with Crippen LogP contribution in [0.25, 0.3) is 10.9 Å². The number of urea groups is 1. The van der Waals surface area contributed by atoms with Crippen molar-refractivity contribution in [3.05, 3.63) is 66.4 Å². The lowest BCUT2D eigenvalue weighted by atomic mass is 10.1. The summed E-state index contributed by atoms with van der Waals surface area (Å²) in [5.74, 6) is 0. The number of hydrogen-bond acceptors (Lipinski definition) is 2. The van der Waals surface area contributed by atoms with Gasteiger partial charge in [-0.05, 0) is 29.8 Å². The number of H-pyrrole nitrogens is 1. The zero-order valence-electron chi connectivity index (χ0n) is 11.9. The van der Waals surface area contributed by atoms with Gasteiger partial charge in [0.25, 0.3) is 0 Å². The van der Waals surface area contributed by atoms with Crippen LogP contribution in [-0.2, 0) is 0 Å². The van der Waals surface area contributed by atoms with Gasteiger partial charge < -0.3 is 20.7 Å². The van der Waals surface area contributed by atoms with E-state index in [1.165, 1.54) is 0 Å². The average molecular weight is 295 g/mol. The van der Waals surface area contributed by atoms with E-state index in [0.29, 0.717) is 5.69 Å². The van der Waals surface area contributed by atoms with Gasteiger partial charge in [0.2, 0.25) is 0 Å². The van der Waals surface area contributed by atoms with Gasteiger partial charge in [-0.3, -0.25) is 0 Å². The molecule has 0 saturated carbocycles. The van der Waals surface area contributed by atoms with Crippen LogP contribution in [-0.4, -0.2) is 22.7 Å². The standard InChI is InChI=1S/C17H17N3O2/c21-11-16(12-4-2-1-3-5-12)20-17(22)19-14-6-7-15-13(10-14)8-9-18-15/h1-10,16,18,21H,11H2,(H2,19,20,22)/t16-/m1/s1. The Morgan fingerprint density at radius 3 is 2.73 bits per heavy atom. The predicted octanol–water partition coefficient (Wildman–Crippen LogP) is 3.02. The molecule has 0 aliphatic heterocycles. The smallest absolute Gasteiger partial charge is 0.319 e. The molecule has 0 spiro atoms. The quantitative estimate of drug-likeness (QED) is 0.597. The minimum Gasteiger partial charge on any atom is -0.394 e. The molecular formula is C17H17N3O2. The maximum atomic E-state index is 12.1. The number of carbonyl (C=O) groups is 1. The molecule has 5 heteroatoms. The predicted molar refractivity (Wildman–Crippen MR) is 86.7 cm³/mol. The first-order valence-electron chi connectivity index (χ1n) is 7.07. The Balaban J connectivity index is 1.68. The van der Waals surface area contributed by atoms with Gasteiger partial charge >= 0.3 is 6.03 Å². The van der Waals surface area contributed by atoms with Gasteiger partial charge in [0.05, 0.1) is 12.6 Å². The van der Waals surface area contributed by atoms with Crippen molar-refractivity contribution in [2.45, 2.75) is 6.04 Å². The summed E-state index contributed by atoms with van der Waals surface area (Å²) in [5, 5.41) is 16.0. The van der Waals surface area contributed by atoms with Crippen LogP contribution in [0.4, 0.5) is 10.5 Å². The van der Waals surface area contributed by atoms with Gasteiger partial charge in [-0.15, -0.1) is 0 Å². The van der Waals surface area contributed by atoms with E-state index in [0.717, 1.165) is 16.5 Å². The third-order valence-corrected chi connectivity index (χ3v) is 3.50. The molecule has 112 valence electrons. The summed E-state index contributed by atoms with van der Waals surface area (Å²) in [4.78, 5) is 15.2. The second kappa shape index (κ2) is 6.32. The molecule has 1 heterocycles. The summed E-state index contributed by atoms with van der Waals surface area (Å²) in [6.07, 6.45) is 1.85. The lowest BCUT2D eigenvalue weighted by Crippen LogP contribution is -2.34. The fourth-order valence-corrected chi connectivity index (χ4v) is 2.38. The number of carbonyl (C=O) groups excluding carboxylic acids is 1. The minimum absolute atomic E-state index is 0.158. The molecule has 3 aromatic rings. The van der Waals surface area contributed by atoms with Crippen LogP contribution in [0.3, 0.4) is 0 Å². The van der Waals surface area contributed by atoms with Crippen LogP contribution in [0, 0.1) is 0 Å². The number of aliphatic hydroxyl groups excluding tert-OH is 1. The van der Waals surface area contributed by atoms with Crippen LogP contribution in [0.1, 0.15) is 11.6 Å². The number of benzene rings is 2. The van der Waals surface area contributed by atoms with Crippen LogP contribution in [0.5, 0.6) is 0 Å². The Morgan fingerprint density at radius 2 is 1.95 bits per heavy atom. The van der Waals surface area contributed by atoms with Gasteiger partial charge in [-0.25, -0.2) is 4.79 Å². The molecule has 0 radical (unpaired) electrons. The lowest BCUT2D eigenvalue weighted by Gasteiger charge is -2.17. The van der Waals surface area contributed by atoms with Crippen molar-refractivity contribution >= 4 is 22.6 Å². The van der Waals surface area contributed by atoms with Crippen molar-refractivity contribution in [3.63, 3.8) is 0 Å². The van der Waals surface area contributed by atoms with Crippen molar-refractivity contribution in [2.75, 3.05) is 11.9 Å². The number of aliphatic hydroxyl groups is 1. The van der Waals surface area contributed by atoms with Crippen molar-refractivity contribution in [2.24, 2.45) is 0 Å². The number of aromatic amines is 1. The molecule has 1 aromatic heterocycles. The molecule has 4 N–H and O–H groups in total. The summed E-state index contributed by atoms with van der Waals surface area (Å²) in [6, 6.07) is 16.2. The fourth-order valence-electron chi connectivity index (χ4n) is 2.38. The number of anilines is 1. The largest absolute Gasteiger partial charge is 0.394 e. The Bertz CT molecular complexity index is 768. The zero-order valence-corrected chi connectivity index (χ0v) is 11.9. The summed E-state index contributed by atoms with van der Waals surface area (Å²) in [5.41, 5.74) is 2.58. The number of fused-ring (bicyclic) bond motifs is 1. The van der Waals surface area contributed by atoms with Gasteiger partial charge in [-0.2, -0.15) is 0 Å². The second-order valence-electron chi connectivity index (χ2n) is 5.02. The SMILES string of the molecule is O=C(Nc1ccc2[nH]ccc2c1)N[C@H](CO)c1ccccc1. The Morgan fingerprint density at radius 1 is 1.14 bits per heavy atom. The fraction of sp³-hybridized carbons (Fsp3) is 0.118.